The summed E-state index contributed by atoms with van der Waals surface area (Å²) in [5.41, 5.74) is 0. The lowest BCUT2D eigenvalue weighted by atomic mass is 10.7. The molecule has 0 aliphatic rings. The van der Waals surface area contributed by atoms with E-state index in [1.165, 1.54) is 6.07 Å². The van der Waals surface area contributed by atoms with Crippen LogP contribution in [0.25, 0.3) is 0 Å². The lowest BCUT2D eigenvalue weighted by Gasteiger charge is -1.91. The minimum Gasteiger partial charge on any atom is -0.301 e. The van der Waals surface area contributed by atoms with Crippen molar-refractivity contribution in [2.75, 3.05) is 0 Å². The summed E-state index contributed by atoms with van der Waals surface area (Å²) in [6.07, 6.45) is 1.13. The van der Waals surface area contributed by atoms with Crippen molar-refractivity contribution < 1.29 is 8.76 Å². The summed E-state index contributed by atoms with van der Waals surface area (Å²) < 4.78 is 18.8. The van der Waals surface area contributed by atoms with E-state index in [1.54, 1.807) is 0 Å². The Morgan fingerprint density at radius 3 is 2.70 bits per heavy atom. The molecule has 1 aromatic rings. The van der Waals surface area contributed by atoms with Crippen LogP contribution in [0.3, 0.4) is 0 Å². The Morgan fingerprint density at radius 2 is 2.30 bits per heavy atom. The molecule has 6 heteroatoms. The van der Waals surface area contributed by atoms with Crippen LogP contribution >= 0.6 is 11.6 Å². The molecule has 0 saturated carbocycles. The molecule has 1 heterocycles. The van der Waals surface area contributed by atoms with E-state index in [-0.39, 0.29) is 10.2 Å². The third-order valence-corrected chi connectivity index (χ3v) is 1.58. The molecule has 0 fully saturated rings. The molecule has 0 aliphatic carbocycles. The Bertz CT molecular complexity index is 267. The van der Waals surface area contributed by atoms with E-state index in [2.05, 4.69) is 9.97 Å². The van der Waals surface area contributed by atoms with E-state index in [9.17, 15) is 4.21 Å². The zero-order valence-electron chi connectivity index (χ0n) is 4.69. The SMILES string of the molecule is O=S(O)c1cc(Cl)ncn1. The highest BCUT2D eigenvalue weighted by Crippen LogP contribution is 2.05. The van der Waals surface area contributed by atoms with E-state index in [0.29, 0.717) is 0 Å². The van der Waals surface area contributed by atoms with Crippen molar-refractivity contribution in [3.05, 3.63) is 17.5 Å². The summed E-state index contributed by atoms with van der Waals surface area (Å²) in [5.74, 6) is 0. The van der Waals surface area contributed by atoms with Gasteiger partial charge in [0.05, 0.1) is 0 Å². The minimum atomic E-state index is -2.07. The van der Waals surface area contributed by atoms with Gasteiger partial charge in [-0.1, -0.05) is 11.6 Å². The van der Waals surface area contributed by atoms with Crippen molar-refractivity contribution >= 4 is 22.7 Å². The van der Waals surface area contributed by atoms with Gasteiger partial charge in [-0.2, -0.15) is 0 Å². The summed E-state index contributed by atoms with van der Waals surface area (Å²) in [5, 5.41) is 0.174. The van der Waals surface area contributed by atoms with Gasteiger partial charge >= 0.3 is 0 Å². The van der Waals surface area contributed by atoms with Crippen LogP contribution in [0.2, 0.25) is 5.15 Å². The predicted molar refractivity (Wildman–Crippen MR) is 36.1 cm³/mol. The van der Waals surface area contributed by atoms with Gasteiger partial charge in [0.15, 0.2) is 5.03 Å². The molecular weight excluding hydrogens is 176 g/mol. The topological polar surface area (TPSA) is 63.1 Å². The fourth-order valence-corrected chi connectivity index (χ4v) is 0.974. The second-order valence-electron chi connectivity index (χ2n) is 1.43. The van der Waals surface area contributed by atoms with Gasteiger partial charge in [0.25, 0.3) is 0 Å². The lowest BCUT2D eigenvalue weighted by Crippen LogP contribution is -1.92. The molecule has 1 unspecified atom stereocenters. The number of hydrogen-bond donors (Lipinski definition) is 1. The molecule has 0 aliphatic heterocycles. The number of rotatable bonds is 1. The van der Waals surface area contributed by atoms with E-state index in [1.807, 2.05) is 0 Å². The summed E-state index contributed by atoms with van der Waals surface area (Å²) in [6.45, 7) is 0. The average Bonchev–Trinajstić information content (AvgIpc) is 1.88. The van der Waals surface area contributed by atoms with Crippen LogP contribution in [0.5, 0.6) is 0 Å². The van der Waals surface area contributed by atoms with E-state index < -0.39 is 11.1 Å². The normalized spacial score (nSPS) is 13.0. The van der Waals surface area contributed by atoms with Gasteiger partial charge in [-0.25, -0.2) is 14.2 Å². The molecule has 0 radical (unpaired) electrons. The maximum Gasteiger partial charge on any atom is 0.205 e. The van der Waals surface area contributed by atoms with Crippen molar-refractivity contribution in [1.82, 2.24) is 9.97 Å². The molecule has 4 nitrogen and oxygen atoms in total. The Balaban J connectivity index is 3.07. The molecule has 10 heavy (non-hydrogen) atoms. The molecular formula is C4H3ClN2O2S. The Hall–Kier alpha value is -0.520. The van der Waals surface area contributed by atoms with Crippen molar-refractivity contribution in [3.8, 4) is 0 Å². The monoisotopic (exact) mass is 178 g/mol. The van der Waals surface area contributed by atoms with Crippen LogP contribution in [0, 0.1) is 0 Å². The summed E-state index contributed by atoms with van der Waals surface area (Å²) in [7, 11) is 0. The standard InChI is InChI=1S/C4H3ClN2O2S/c5-3-1-4(10(8)9)7-2-6-3/h1-2H,(H,8,9). The molecule has 0 aromatic carbocycles. The fraction of sp³-hybridized carbons (Fsp3) is 0. The molecule has 0 amide bonds. The Labute approximate surface area is 64.6 Å². The summed E-state index contributed by atoms with van der Waals surface area (Å²) in [6, 6.07) is 1.23. The number of hydrogen-bond acceptors (Lipinski definition) is 3. The van der Waals surface area contributed by atoms with Crippen molar-refractivity contribution in [2.24, 2.45) is 0 Å². The van der Waals surface area contributed by atoms with Crippen molar-refractivity contribution in [3.63, 3.8) is 0 Å². The van der Waals surface area contributed by atoms with Gasteiger partial charge in [0, 0.05) is 6.07 Å². The third kappa shape index (κ3) is 1.73. The van der Waals surface area contributed by atoms with E-state index in [4.69, 9.17) is 16.2 Å². The average molecular weight is 179 g/mol. The number of halogens is 1. The quantitative estimate of drug-likeness (QED) is 0.508. The van der Waals surface area contributed by atoms with Crippen LogP contribution in [0.15, 0.2) is 17.4 Å². The molecule has 1 atom stereocenters. The Morgan fingerprint density at radius 1 is 1.60 bits per heavy atom. The zero-order chi connectivity index (χ0) is 7.56. The number of aromatic nitrogens is 2. The minimum absolute atomic E-state index is 0.0139. The van der Waals surface area contributed by atoms with E-state index in [0.717, 1.165) is 6.33 Å². The van der Waals surface area contributed by atoms with Crippen LogP contribution in [0.1, 0.15) is 0 Å². The van der Waals surface area contributed by atoms with E-state index >= 15 is 0 Å². The molecule has 0 spiro atoms. The molecule has 1 rings (SSSR count). The van der Waals surface area contributed by atoms with Crippen LogP contribution in [-0.2, 0) is 11.1 Å². The third-order valence-electron chi connectivity index (χ3n) is 0.788. The molecule has 0 saturated heterocycles. The number of nitrogens with zero attached hydrogens (tertiary/aromatic N) is 2. The van der Waals surface area contributed by atoms with Gasteiger partial charge in [-0.3, -0.25) is 0 Å². The highest BCUT2D eigenvalue weighted by Gasteiger charge is 2.00. The first kappa shape index (κ1) is 7.59. The van der Waals surface area contributed by atoms with Gasteiger partial charge in [0.2, 0.25) is 11.1 Å². The predicted octanol–water partition coefficient (Wildman–Crippen LogP) is 0.711. The van der Waals surface area contributed by atoms with Gasteiger partial charge in [-0.05, 0) is 0 Å². The largest absolute Gasteiger partial charge is 0.301 e. The molecule has 0 bridgehead atoms. The lowest BCUT2D eigenvalue weighted by molar-refractivity contribution is 0.560. The van der Waals surface area contributed by atoms with Crippen LogP contribution < -0.4 is 0 Å². The fourth-order valence-electron chi connectivity index (χ4n) is 0.413. The second kappa shape index (κ2) is 3.05. The van der Waals surface area contributed by atoms with Gasteiger partial charge < -0.3 is 4.55 Å². The van der Waals surface area contributed by atoms with Crippen LogP contribution in [-0.4, -0.2) is 18.7 Å². The molecule has 1 N–H and O–H groups in total. The molecule has 54 valence electrons. The smallest absolute Gasteiger partial charge is 0.205 e. The van der Waals surface area contributed by atoms with Gasteiger partial charge in [0.1, 0.15) is 11.5 Å². The first-order valence-corrected chi connectivity index (χ1v) is 3.77. The Kier molecular flexibility index (Phi) is 2.31. The highest BCUT2D eigenvalue weighted by molar-refractivity contribution is 7.79. The summed E-state index contributed by atoms with van der Waals surface area (Å²) >= 11 is 3.32. The highest BCUT2D eigenvalue weighted by atomic mass is 35.5. The maximum atomic E-state index is 10.3. The second-order valence-corrected chi connectivity index (χ2v) is 2.73. The van der Waals surface area contributed by atoms with Crippen LogP contribution in [0.4, 0.5) is 0 Å². The van der Waals surface area contributed by atoms with Crippen molar-refractivity contribution in [1.29, 1.82) is 0 Å². The van der Waals surface area contributed by atoms with Crippen molar-refractivity contribution in [2.45, 2.75) is 5.03 Å². The zero-order valence-corrected chi connectivity index (χ0v) is 6.26. The molecule has 1 aromatic heterocycles. The first-order valence-electron chi connectivity index (χ1n) is 2.28. The summed E-state index contributed by atoms with van der Waals surface area (Å²) in [4.78, 5) is 7.02. The first-order chi connectivity index (χ1) is 4.70. The van der Waals surface area contributed by atoms with Gasteiger partial charge in [-0.15, -0.1) is 0 Å². The maximum absolute atomic E-state index is 10.3.